The van der Waals surface area contributed by atoms with Crippen molar-refractivity contribution in [3.05, 3.63) is 53.2 Å². The molecule has 0 bridgehead atoms. The maximum atomic E-state index is 11.9. The summed E-state index contributed by atoms with van der Waals surface area (Å²) in [6.07, 6.45) is 4.77. The second kappa shape index (κ2) is 6.34. The summed E-state index contributed by atoms with van der Waals surface area (Å²) in [6, 6.07) is 9.11. The summed E-state index contributed by atoms with van der Waals surface area (Å²) >= 11 is 6.16. The predicted molar refractivity (Wildman–Crippen MR) is 78.5 cm³/mol. The zero-order chi connectivity index (χ0) is 13.7. The minimum atomic E-state index is -0.197. The Morgan fingerprint density at radius 1 is 1.42 bits per heavy atom. The van der Waals surface area contributed by atoms with Gasteiger partial charge in [0.1, 0.15) is 5.69 Å². The minimum absolute atomic E-state index is 0.197. The highest BCUT2D eigenvalue weighted by Gasteiger charge is 2.10. The molecular weight excluding hydrogens is 260 g/mol. The van der Waals surface area contributed by atoms with Crippen LogP contribution in [0.25, 0.3) is 10.9 Å². The van der Waals surface area contributed by atoms with Gasteiger partial charge >= 0.3 is 0 Å². The van der Waals surface area contributed by atoms with Crippen LogP contribution in [-0.4, -0.2) is 17.4 Å². The molecular formula is C15H15ClN2O. The Kier molecular flexibility index (Phi) is 4.53. The standard InChI is InChI=1S/C15H15ClN2O/c1-2-3-6-9-17-15(19)14-10-12(16)11-7-4-5-8-13(11)18-14/h2-5,7-8,10H,6,9H2,1H3,(H,17,19)/b3-2+. The van der Waals surface area contributed by atoms with Crippen LogP contribution in [-0.2, 0) is 0 Å². The molecule has 0 saturated heterocycles. The van der Waals surface area contributed by atoms with Gasteiger partial charge in [-0.15, -0.1) is 0 Å². The molecule has 1 aromatic heterocycles. The van der Waals surface area contributed by atoms with E-state index in [1.807, 2.05) is 43.3 Å². The van der Waals surface area contributed by atoms with E-state index in [4.69, 9.17) is 11.6 Å². The number of fused-ring (bicyclic) bond motifs is 1. The van der Waals surface area contributed by atoms with E-state index < -0.39 is 0 Å². The molecule has 0 aliphatic carbocycles. The molecule has 1 aromatic carbocycles. The van der Waals surface area contributed by atoms with Crippen LogP contribution in [0.15, 0.2) is 42.5 Å². The summed E-state index contributed by atoms with van der Waals surface area (Å²) in [7, 11) is 0. The molecule has 1 heterocycles. The third-order valence-corrected chi connectivity index (χ3v) is 3.04. The largest absolute Gasteiger partial charge is 0.350 e. The van der Waals surface area contributed by atoms with Gasteiger partial charge in [0, 0.05) is 11.9 Å². The summed E-state index contributed by atoms with van der Waals surface area (Å²) in [4.78, 5) is 16.3. The minimum Gasteiger partial charge on any atom is -0.350 e. The Morgan fingerprint density at radius 3 is 3.00 bits per heavy atom. The molecule has 1 N–H and O–H groups in total. The third kappa shape index (κ3) is 3.32. The smallest absolute Gasteiger partial charge is 0.269 e. The van der Waals surface area contributed by atoms with Crippen LogP contribution < -0.4 is 5.32 Å². The van der Waals surface area contributed by atoms with Crippen LogP contribution in [0, 0.1) is 0 Å². The van der Waals surface area contributed by atoms with Crippen LogP contribution in [0.4, 0.5) is 0 Å². The third-order valence-electron chi connectivity index (χ3n) is 2.73. The normalized spacial score (nSPS) is 11.1. The van der Waals surface area contributed by atoms with E-state index in [2.05, 4.69) is 10.3 Å². The average molecular weight is 275 g/mol. The summed E-state index contributed by atoms with van der Waals surface area (Å²) in [6.45, 7) is 2.54. The molecule has 0 aliphatic rings. The van der Waals surface area contributed by atoms with E-state index in [1.54, 1.807) is 6.07 Å². The second-order valence-corrected chi connectivity index (χ2v) is 4.53. The first kappa shape index (κ1) is 13.6. The van der Waals surface area contributed by atoms with Crippen molar-refractivity contribution in [3.8, 4) is 0 Å². The summed E-state index contributed by atoms with van der Waals surface area (Å²) in [5.74, 6) is -0.197. The first-order valence-electron chi connectivity index (χ1n) is 6.17. The van der Waals surface area contributed by atoms with E-state index in [1.165, 1.54) is 0 Å². The van der Waals surface area contributed by atoms with Gasteiger partial charge in [-0.05, 0) is 25.5 Å². The van der Waals surface area contributed by atoms with Gasteiger partial charge in [-0.25, -0.2) is 4.98 Å². The number of rotatable bonds is 4. The van der Waals surface area contributed by atoms with Gasteiger partial charge in [0.05, 0.1) is 10.5 Å². The predicted octanol–water partition coefficient (Wildman–Crippen LogP) is 3.58. The van der Waals surface area contributed by atoms with Gasteiger partial charge in [-0.3, -0.25) is 4.79 Å². The van der Waals surface area contributed by atoms with Crippen molar-refractivity contribution in [1.82, 2.24) is 10.3 Å². The lowest BCUT2D eigenvalue weighted by molar-refractivity contribution is 0.0950. The van der Waals surface area contributed by atoms with Crippen molar-refractivity contribution < 1.29 is 4.79 Å². The number of allylic oxidation sites excluding steroid dienone is 1. The number of pyridine rings is 1. The van der Waals surface area contributed by atoms with E-state index >= 15 is 0 Å². The lowest BCUT2D eigenvalue weighted by atomic mass is 10.2. The van der Waals surface area contributed by atoms with Crippen LogP contribution in [0.1, 0.15) is 23.8 Å². The number of halogens is 1. The number of amides is 1. The van der Waals surface area contributed by atoms with Gasteiger partial charge < -0.3 is 5.32 Å². The molecule has 3 nitrogen and oxygen atoms in total. The molecule has 0 aliphatic heterocycles. The quantitative estimate of drug-likeness (QED) is 0.684. The summed E-state index contributed by atoms with van der Waals surface area (Å²) in [5.41, 5.74) is 1.08. The van der Waals surface area contributed by atoms with Gasteiger partial charge in [0.2, 0.25) is 0 Å². The Hall–Kier alpha value is -1.87. The molecule has 19 heavy (non-hydrogen) atoms. The number of hydrogen-bond acceptors (Lipinski definition) is 2. The summed E-state index contributed by atoms with van der Waals surface area (Å²) in [5, 5.41) is 4.22. The van der Waals surface area contributed by atoms with E-state index in [0.29, 0.717) is 17.3 Å². The van der Waals surface area contributed by atoms with Crippen molar-refractivity contribution >= 4 is 28.4 Å². The fourth-order valence-corrected chi connectivity index (χ4v) is 2.04. The molecule has 4 heteroatoms. The van der Waals surface area contributed by atoms with Crippen molar-refractivity contribution in [2.75, 3.05) is 6.54 Å². The SMILES string of the molecule is C/C=C/CCNC(=O)c1cc(Cl)c2ccccc2n1. The number of aromatic nitrogens is 1. The molecule has 2 aromatic rings. The first-order chi connectivity index (χ1) is 9.22. The number of para-hydroxylation sites is 1. The number of carbonyl (C=O) groups excluding carboxylic acids is 1. The van der Waals surface area contributed by atoms with E-state index in [-0.39, 0.29) is 5.91 Å². The Labute approximate surface area is 117 Å². The molecule has 0 atom stereocenters. The number of hydrogen-bond donors (Lipinski definition) is 1. The average Bonchev–Trinajstić information content (AvgIpc) is 2.43. The zero-order valence-corrected chi connectivity index (χ0v) is 11.4. The number of carbonyl (C=O) groups is 1. The highest BCUT2D eigenvalue weighted by atomic mass is 35.5. The molecule has 0 spiro atoms. The van der Waals surface area contributed by atoms with Gasteiger partial charge in [0.25, 0.3) is 5.91 Å². The van der Waals surface area contributed by atoms with E-state index in [9.17, 15) is 4.79 Å². The van der Waals surface area contributed by atoms with Gasteiger partial charge in [-0.2, -0.15) is 0 Å². The highest BCUT2D eigenvalue weighted by Crippen LogP contribution is 2.22. The summed E-state index contributed by atoms with van der Waals surface area (Å²) < 4.78 is 0. The molecule has 0 radical (unpaired) electrons. The maximum Gasteiger partial charge on any atom is 0.269 e. The highest BCUT2D eigenvalue weighted by molar-refractivity contribution is 6.35. The Bertz CT molecular complexity index is 623. The topological polar surface area (TPSA) is 42.0 Å². The monoisotopic (exact) mass is 274 g/mol. The first-order valence-corrected chi connectivity index (χ1v) is 6.55. The van der Waals surface area contributed by atoms with Crippen LogP contribution in [0.3, 0.4) is 0 Å². The molecule has 98 valence electrons. The number of nitrogens with zero attached hydrogens (tertiary/aromatic N) is 1. The zero-order valence-electron chi connectivity index (χ0n) is 10.7. The van der Waals surface area contributed by atoms with Crippen LogP contribution >= 0.6 is 11.6 Å². The van der Waals surface area contributed by atoms with Gasteiger partial charge in [0.15, 0.2) is 0 Å². The molecule has 1 amide bonds. The van der Waals surface area contributed by atoms with E-state index in [0.717, 1.165) is 17.3 Å². The molecule has 0 fully saturated rings. The van der Waals surface area contributed by atoms with Crippen LogP contribution in [0.2, 0.25) is 5.02 Å². The van der Waals surface area contributed by atoms with Crippen molar-refractivity contribution in [2.24, 2.45) is 0 Å². The number of benzene rings is 1. The maximum absolute atomic E-state index is 11.9. The lowest BCUT2D eigenvalue weighted by Crippen LogP contribution is -2.25. The lowest BCUT2D eigenvalue weighted by Gasteiger charge is -2.06. The number of nitrogens with one attached hydrogen (secondary N) is 1. The van der Waals surface area contributed by atoms with Crippen molar-refractivity contribution in [2.45, 2.75) is 13.3 Å². The fraction of sp³-hybridized carbons (Fsp3) is 0.200. The van der Waals surface area contributed by atoms with Crippen molar-refractivity contribution in [1.29, 1.82) is 0 Å². The Balaban J connectivity index is 2.18. The molecule has 0 saturated carbocycles. The van der Waals surface area contributed by atoms with Crippen molar-refractivity contribution in [3.63, 3.8) is 0 Å². The van der Waals surface area contributed by atoms with Crippen LogP contribution in [0.5, 0.6) is 0 Å². The fourth-order valence-electron chi connectivity index (χ4n) is 1.78. The van der Waals surface area contributed by atoms with Gasteiger partial charge in [-0.1, -0.05) is 42.0 Å². The Morgan fingerprint density at radius 2 is 2.21 bits per heavy atom. The molecule has 2 rings (SSSR count). The molecule has 0 unspecified atom stereocenters. The second-order valence-electron chi connectivity index (χ2n) is 4.12.